The molecule has 0 bridgehead atoms. The summed E-state index contributed by atoms with van der Waals surface area (Å²) in [4.78, 5) is 49.5. The summed E-state index contributed by atoms with van der Waals surface area (Å²) in [5.74, 6) is -1.79. The number of nitro benzene ring substituents is 1. The second-order valence-corrected chi connectivity index (χ2v) is 7.54. The average molecular weight is 396 g/mol. The largest absolute Gasteiger partial charge is 0.480 e. The van der Waals surface area contributed by atoms with Gasteiger partial charge in [-0.3, -0.25) is 24.5 Å². The number of carboxylic acid groups (broad SMARTS) is 1. The van der Waals surface area contributed by atoms with Gasteiger partial charge in [-0.05, 0) is 31.2 Å². The maximum Gasteiger partial charge on any atom is 0.323 e. The molecule has 2 aliphatic carbocycles. The number of hydrogen-bond acceptors (Lipinski definition) is 6. The summed E-state index contributed by atoms with van der Waals surface area (Å²) < 4.78 is 0. The zero-order valence-electron chi connectivity index (χ0n) is 15.7. The molecule has 0 spiro atoms. The molecule has 150 valence electrons. The number of nitro groups is 1. The molecule has 0 fully saturated rings. The highest BCUT2D eigenvalue weighted by Crippen LogP contribution is 2.49. The van der Waals surface area contributed by atoms with Gasteiger partial charge < -0.3 is 10.0 Å². The third kappa shape index (κ3) is 3.24. The van der Waals surface area contributed by atoms with E-state index < -0.39 is 16.8 Å². The molecule has 8 nitrogen and oxygen atoms in total. The Morgan fingerprint density at radius 3 is 1.97 bits per heavy atom. The van der Waals surface area contributed by atoms with Crippen LogP contribution in [-0.4, -0.2) is 39.0 Å². The monoisotopic (exact) mass is 396 g/mol. The Labute approximate surface area is 166 Å². The first-order valence-electron chi connectivity index (χ1n) is 9.64. The van der Waals surface area contributed by atoms with Crippen molar-refractivity contribution in [3.63, 3.8) is 0 Å². The van der Waals surface area contributed by atoms with E-state index in [0.29, 0.717) is 66.6 Å². The van der Waals surface area contributed by atoms with Gasteiger partial charge in [0.25, 0.3) is 5.69 Å². The lowest BCUT2D eigenvalue weighted by Gasteiger charge is -2.43. The molecule has 0 aromatic heterocycles. The lowest BCUT2D eigenvalue weighted by Crippen LogP contribution is -2.41. The SMILES string of the molecule is O=C(O)CN1C2=C(C(=O)CCC2)C(c2ccc([N+](=O)[O-])cc2)C2=C1CCCC2=O. The molecule has 0 amide bonds. The topological polar surface area (TPSA) is 118 Å². The molecule has 1 N–H and O–H groups in total. The number of carbonyl (C=O) groups excluding carboxylic acids is 2. The predicted octanol–water partition coefficient (Wildman–Crippen LogP) is 3.09. The summed E-state index contributed by atoms with van der Waals surface area (Å²) in [6, 6.07) is 5.93. The summed E-state index contributed by atoms with van der Waals surface area (Å²) in [7, 11) is 0. The quantitative estimate of drug-likeness (QED) is 0.614. The van der Waals surface area contributed by atoms with Gasteiger partial charge in [0.05, 0.1) is 4.92 Å². The number of ketones is 2. The Bertz CT molecular complexity index is 945. The maximum absolute atomic E-state index is 12.9. The van der Waals surface area contributed by atoms with Crippen LogP contribution in [0.1, 0.15) is 50.0 Å². The van der Waals surface area contributed by atoms with Crippen molar-refractivity contribution < 1.29 is 24.4 Å². The lowest BCUT2D eigenvalue weighted by atomic mass is 9.71. The van der Waals surface area contributed by atoms with Gasteiger partial charge in [-0.2, -0.15) is 0 Å². The summed E-state index contributed by atoms with van der Waals surface area (Å²) in [5, 5.41) is 20.4. The van der Waals surface area contributed by atoms with Crippen LogP contribution in [0.25, 0.3) is 0 Å². The lowest BCUT2D eigenvalue weighted by molar-refractivity contribution is -0.384. The molecule has 0 saturated carbocycles. The van der Waals surface area contributed by atoms with Crippen molar-refractivity contribution >= 4 is 23.2 Å². The van der Waals surface area contributed by atoms with E-state index in [0.717, 1.165) is 0 Å². The second-order valence-electron chi connectivity index (χ2n) is 7.54. The van der Waals surface area contributed by atoms with E-state index in [-0.39, 0.29) is 23.8 Å². The Balaban J connectivity index is 1.92. The number of Topliss-reactive ketones (excluding diaryl/α,β-unsaturated/α-hetero) is 2. The molecule has 3 aliphatic rings. The van der Waals surface area contributed by atoms with Gasteiger partial charge in [-0.1, -0.05) is 12.1 Å². The summed E-state index contributed by atoms with van der Waals surface area (Å²) in [5.41, 5.74) is 2.89. The van der Waals surface area contributed by atoms with Crippen molar-refractivity contribution in [2.24, 2.45) is 0 Å². The van der Waals surface area contributed by atoms with Gasteiger partial charge in [-0.15, -0.1) is 0 Å². The van der Waals surface area contributed by atoms with Crippen LogP contribution in [0, 0.1) is 10.1 Å². The molecule has 1 heterocycles. The first-order valence-corrected chi connectivity index (χ1v) is 9.64. The Kier molecular flexibility index (Phi) is 4.77. The molecule has 0 radical (unpaired) electrons. The number of allylic oxidation sites excluding steroid dienone is 4. The minimum Gasteiger partial charge on any atom is -0.480 e. The standard InChI is InChI=1S/C21H20N2O6/c24-16-5-1-3-14-20(16)19(12-7-9-13(10-8-12)23(28)29)21-15(4-2-6-17(21)25)22(14)11-18(26)27/h7-10,19H,1-6,11H2,(H,26,27). The van der Waals surface area contributed by atoms with E-state index in [9.17, 15) is 29.6 Å². The first kappa shape index (κ1) is 19.0. The molecular weight excluding hydrogens is 376 g/mol. The number of carboxylic acids is 1. The van der Waals surface area contributed by atoms with Gasteiger partial charge in [0.2, 0.25) is 0 Å². The molecule has 0 unspecified atom stereocenters. The molecule has 29 heavy (non-hydrogen) atoms. The van der Waals surface area contributed by atoms with Crippen LogP contribution in [0.15, 0.2) is 46.8 Å². The number of nitrogens with zero attached hydrogens (tertiary/aromatic N) is 2. The molecular formula is C21H20N2O6. The van der Waals surface area contributed by atoms with Crippen LogP contribution >= 0.6 is 0 Å². The highest BCUT2D eigenvalue weighted by molar-refractivity contribution is 6.06. The van der Waals surface area contributed by atoms with Crippen LogP contribution in [0.4, 0.5) is 5.69 Å². The van der Waals surface area contributed by atoms with Crippen molar-refractivity contribution in [3.8, 4) is 0 Å². The number of benzene rings is 1. The second kappa shape index (κ2) is 7.27. The van der Waals surface area contributed by atoms with E-state index in [2.05, 4.69) is 0 Å². The highest BCUT2D eigenvalue weighted by Gasteiger charge is 2.43. The molecule has 0 saturated heterocycles. The van der Waals surface area contributed by atoms with Crippen LogP contribution in [0.5, 0.6) is 0 Å². The zero-order chi connectivity index (χ0) is 20.7. The molecule has 1 aromatic carbocycles. The van der Waals surface area contributed by atoms with E-state index in [1.54, 1.807) is 17.0 Å². The van der Waals surface area contributed by atoms with Crippen LogP contribution < -0.4 is 0 Å². The molecule has 0 atom stereocenters. The maximum atomic E-state index is 12.9. The molecule has 8 heteroatoms. The third-order valence-corrected chi connectivity index (χ3v) is 5.82. The van der Waals surface area contributed by atoms with Crippen LogP contribution in [0.2, 0.25) is 0 Å². The third-order valence-electron chi connectivity index (χ3n) is 5.82. The van der Waals surface area contributed by atoms with E-state index in [1.165, 1.54) is 12.1 Å². The van der Waals surface area contributed by atoms with Gasteiger partial charge in [0, 0.05) is 53.4 Å². The summed E-state index contributed by atoms with van der Waals surface area (Å²) in [6.45, 7) is -0.286. The fourth-order valence-electron chi connectivity index (χ4n) is 4.66. The number of non-ortho nitro benzene ring substituents is 1. The van der Waals surface area contributed by atoms with Gasteiger partial charge in [-0.25, -0.2) is 0 Å². The average Bonchev–Trinajstić information content (AvgIpc) is 2.69. The van der Waals surface area contributed by atoms with Crippen molar-refractivity contribution in [1.29, 1.82) is 0 Å². The van der Waals surface area contributed by atoms with E-state index >= 15 is 0 Å². The van der Waals surface area contributed by atoms with E-state index in [4.69, 9.17) is 0 Å². The van der Waals surface area contributed by atoms with Gasteiger partial charge in [0.15, 0.2) is 11.6 Å². The Hall–Kier alpha value is -3.29. The number of carbonyl (C=O) groups is 3. The van der Waals surface area contributed by atoms with Gasteiger partial charge >= 0.3 is 5.97 Å². The predicted molar refractivity (Wildman–Crippen MR) is 102 cm³/mol. The normalized spacial score (nSPS) is 19.9. The smallest absolute Gasteiger partial charge is 0.323 e. The van der Waals surface area contributed by atoms with Crippen molar-refractivity contribution in [1.82, 2.24) is 4.90 Å². The van der Waals surface area contributed by atoms with Gasteiger partial charge in [0.1, 0.15) is 6.54 Å². The zero-order valence-corrected chi connectivity index (χ0v) is 15.7. The number of rotatable bonds is 4. The number of hydrogen-bond donors (Lipinski definition) is 1. The van der Waals surface area contributed by atoms with Crippen molar-refractivity contribution in [3.05, 3.63) is 62.5 Å². The summed E-state index contributed by atoms with van der Waals surface area (Å²) in [6.07, 6.45) is 3.11. The Morgan fingerprint density at radius 2 is 1.52 bits per heavy atom. The molecule has 1 aliphatic heterocycles. The first-order chi connectivity index (χ1) is 13.9. The Morgan fingerprint density at radius 1 is 1.00 bits per heavy atom. The fraction of sp³-hybridized carbons (Fsp3) is 0.381. The highest BCUT2D eigenvalue weighted by atomic mass is 16.6. The van der Waals surface area contributed by atoms with Crippen LogP contribution in [0.3, 0.4) is 0 Å². The van der Waals surface area contributed by atoms with Crippen molar-refractivity contribution in [2.75, 3.05) is 6.54 Å². The van der Waals surface area contributed by atoms with Crippen molar-refractivity contribution in [2.45, 2.75) is 44.4 Å². The molecule has 1 aromatic rings. The van der Waals surface area contributed by atoms with E-state index in [1.807, 2.05) is 0 Å². The number of aliphatic carboxylic acids is 1. The van der Waals surface area contributed by atoms with Crippen LogP contribution in [-0.2, 0) is 14.4 Å². The minimum atomic E-state index is -1.02. The minimum absolute atomic E-state index is 0.0644. The molecule has 4 rings (SSSR count). The summed E-state index contributed by atoms with van der Waals surface area (Å²) >= 11 is 0. The fourth-order valence-corrected chi connectivity index (χ4v) is 4.66.